The topological polar surface area (TPSA) is 108 Å². The number of carbonyl (C=O) groups excluding carboxylic acids is 1. The van der Waals surface area contributed by atoms with E-state index in [0.717, 1.165) is 22.3 Å². The van der Waals surface area contributed by atoms with Crippen molar-refractivity contribution >= 4 is 28.7 Å². The Hall–Kier alpha value is -4.08. The number of benzene rings is 1. The Morgan fingerprint density at radius 3 is 2.20 bits per heavy atom. The first-order valence-electron chi connectivity index (χ1n) is 11.5. The van der Waals surface area contributed by atoms with E-state index in [4.69, 9.17) is 4.74 Å². The van der Waals surface area contributed by atoms with Crippen LogP contribution in [0.25, 0.3) is 11.2 Å². The molecule has 0 saturated heterocycles. The van der Waals surface area contributed by atoms with Crippen LogP contribution >= 0.6 is 0 Å². The van der Waals surface area contributed by atoms with Crippen LogP contribution < -0.4 is 21.1 Å². The van der Waals surface area contributed by atoms with Gasteiger partial charge in [-0.05, 0) is 44.4 Å². The van der Waals surface area contributed by atoms with Crippen LogP contribution in [0.2, 0.25) is 0 Å². The molecular weight excluding hydrogens is 446 g/mol. The summed E-state index contributed by atoms with van der Waals surface area (Å²) in [7, 11) is 5.12. The van der Waals surface area contributed by atoms with E-state index < -0.39 is 0 Å². The summed E-state index contributed by atoms with van der Waals surface area (Å²) in [5.74, 6) is 1.71. The van der Waals surface area contributed by atoms with E-state index in [0.29, 0.717) is 34.2 Å². The third-order valence-electron chi connectivity index (χ3n) is 6.16. The molecule has 1 aromatic carbocycles. The zero-order valence-corrected chi connectivity index (χ0v) is 21.8. The Morgan fingerprint density at radius 2 is 1.57 bits per heavy atom. The van der Waals surface area contributed by atoms with E-state index in [2.05, 4.69) is 20.7 Å². The monoisotopic (exact) mass is 479 g/mol. The van der Waals surface area contributed by atoms with Gasteiger partial charge in [-0.2, -0.15) is 5.10 Å². The van der Waals surface area contributed by atoms with E-state index in [1.807, 2.05) is 41.5 Å². The molecule has 4 aromatic rings. The molecule has 0 bridgehead atoms. The molecule has 0 aliphatic rings. The van der Waals surface area contributed by atoms with Crippen molar-refractivity contribution in [1.29, 1.82) is 0 Å². The van der Waals surface area contributed by atoms with Crippen molar-refractivity contribution < 1.29 is 9.53 Å². The Bertz CT molecular complexity index is 1460. The molecule has 0 saturated carbocycles. The van der Waals surface area contributed by atoms with Crippen molar-refractivity contribution in [3.05, 3.63) is 57.3 Å². The molecular formula is C25H33N7O3. The Labute approximate surface area is 204 Å². The third kappa shape index (κ3) is 4.51. The highest BCUT2D eigenvalue weighted by atomic mass is 16.5. The lowest BCUT2D eigenvalue weighted by molar-refractivity contribution is 0.262. The highest BCUT2D eigenvalue weighted by Crippen LogP contribution is 2.39. The lowest BCUT2D eigenvalue weighted by atomic mass is 9.97. The maximum atomic E-state index is 12.7. The van der Waals surface area contributed by atoms with Gasteiger partial charge in [-0.25, -0.2) is 14.6 Å². The molecule has 0 spiro atoms. The van der Waals surface area contributed by atoms with Crippen molar-refractivity contribution in [2.45, 2.75) is 41.5 Å². The van der Waals surface area contributed by atoms with Crippen LogP contribution in [0.15, 0.2) is 29.3 Å². The number of imidazole rings is 1. The van der Waals surface area contributed by atoms with Gasteiger partial charge in [0, 0.05) is 45.0 Å². The summed E-state index contributed by atoms with van der Waals surface area (Å²) in [5.41, 5.74) is 5.30. The minimum atomic E-state index is -0.379. The standard InChI is InChI=1S/C23H27N7O3.C2H6/c1-12-13(2)18(27-22(31)26-17-9-11-25-30(17)7)15(4)20(14(12)3)33-16-8-10-24-21-19(16)28(5)23(32)29(21)6;1-2/h8-11H,1-7H3,(H2,26,27,31);1-2H3. The van der Waals surface area contributed by atoms with Crippen LogP contribution in [0, 0.1) is 27.7 Å². The van der Waals surface area contributed by atoms with Crippen LogP contribution in [-0.2, 0) is 21.1 Å². The van der Waals surface area contributed by atoms with Crippen molar-refractivity contribution in [1.82, 2.24) is 23.9 Å². The number of aryl methyl sites for hydroxylation is 3. The van der Waals surface area contributed by atoms with E-state index in [9.17, 15) is 9.59 Å². The number of rotatable bonds is 4. The molecule has 0 atom stereocenters. The number of hydrogen-bond donors (Lipinski definition) is 2. The molecule has 0 aliphatic carbocycles. The lowest BCUT2D eigenvalue weighted by Crippen LogP contribution is -2.22. The summed E-state index contributed by atoms with van der Waals surface area (Å²) in [5, 5.41) is 9.82. The van der Waals surface area contributed by atoms with Crippen LogP contribution in [0.5, 0.6) is 11.5 Å². The van der Waals surface area contributed by atoms with Crippen LogP contribution in [0.3, 0.4) is 0 Å². The normalized spacial score (nSPS) is 10.7. The van der Waals surface area contributed by atoms with Crippen LogP contribution in [-0.4, -0.2) is 29.9 Å². The van der Waals surface area contributed by atoms with Gasteiger partial charge in [0.25, 0.3) is 0 Å². The number of aromatic nitrogens is 5. The number of ether oxygens (including phenoxy) is 1. The number of carbonyl (C=O) groups is 1. The molecule has 10 nitrogen and oxygen atoms in total. The zero-order valence-electron chi connectivity index (χ0n) is 21.8. The lowest BCUT2D eigenvalue weighted by Gasteiger charge is -2.21. The highest BCUT2D eigenvalue weighted by molar-refractivity contribution is 6.00. The molecule has 2 amide bonds. The largest absolute Gasteiger partial charge is 0.454 e. The van der Waals surface area contributed by atoms with Gasteiger partial charge >= 0.3 is 11.7 Å². The Morgan fingerprint density at radius 1 is 0.886 bits per heavy atom. The first-order valence-corrected chi connectivity index (χ1v) is 11.5. The van der Waals surface area contributed by atoms with Crippen LogP contribution in [0.1, 0.15) is 36.1 Å². The fourth-order valence-electron chi connectivity index (χ4n) is 4.00. The summed E-state index contributed by atoms with van der Waals surface area (Å²) in [6.45, 7) is 11.8. The number of nitrogens with one attached hydrogen (secondary N) is 2. The summed E-state index contributed by atoms with van der Waals surface area (Å²) in [6, 6.07) is 3.07. The predicted molar refractivity (Wildman–Crippen MR) is 139 cm³/mol. The molecule has 0 aliphatic heterocycles. The van der Waals surface area contributed by atoms with Gasteiger partial charge in [-0.15, -0.1) is 0 Å². The van der Waals surface area contributed by atoms with E-state index in [-0.39, 0.29) is 11.7 Å². The average molecular weight is 480 g/mol. The molecule has 0 fully saturated rings. The fraction of sp³-hybridized carbons (Fsp3) is 0.360. The van der Waals surface area contributed by atoms with Gasteiger partial charge in [-0.1, -0.05) is 13.8 Å². The molecule has 10 heteroatoms. The summed E-state index contributed by atoms with van der Waals surface area (Å²) in [6.07, 6.45) is 3.23. The van der Waals surface area contributed by atoms with Gasteiger partial charge in [0.2, 0.25) is 0 Å². The quantitative estimate of drug-likeness (QED) is 0.441. The molecule has 0 unspecified atom stereocenters. The van der Waals surface area contributed by atoms with Crippen LogP contribution in [0.4, 0.5) is 16.3 Å². The Balaban J connectivity index is 0.00000167. The molecule has 4 rings (SSSR count). The maximum absolute atomic E-state index is 12.7. The summed E-state index contributed by atoms with van der Waals surface area (Å²) in [4.78, 5) is 29.5. The SMILES string of the molecule is CC.Cc1c(C)c(NC(=O)Nc2ccnn2C)c(C)c(Oc2ccnc3c2n(C)c(=O)n3C)c1C. The summed E-state index contributed by atoms with van der Waals surface area (Å²) >= 11 is 0. The number of amides is 2. The Kier molecular flexibility index (Phi) is 7.33. The smallest absolute Gasteiger partial charge is 0.329 e. The van der Waals surface area contributed by atoms with Crippen molar-refractivity contribution in [2.75, 3.05) is 10.6 Å². The van der Waals surface area contributed by atoms with Gasteiger partial charge in [0.15, 0.2) is 11.4 Å². The molecule has 0 radical (unpaired) electrons. The molecule has 186 valence electrons. The molecule has 3 heterocycles. The fourth-order valence-corrected chi connectivity index (χ4v) is 4.00. The minimum absolute atomic E-state index is 0.184. The van der Waals surface area contributed by atoms with Gasteiger partial charge in [-0.3, -0.25) is 19.1 Å². The van der Waals surface area contributed by atoms with E-state index in [1.165, 1.54) is 9.13 Å². The number of urea groups is 1. The average Bonchev–Trinajstić information content (AvgIpc) is 3.35. The van der Waals surface area contributed by atoms with E-state index >= 15 is 0 Å². The highest BCUT2D eigenvalue weighted by Gasteiger charge is 2.21. The zero-order chi connectivity index (χ0) is 26.0. The number of hydrogen-bond acceptors (Lipinski definition) is 5. The van der Waals surface area contributed by atoms with Gasteiger partial charge in [0.1, 0.15) is 17.1 Å². The molecule has 2 N–H and O–H groups in total. The number of anilines is 2. The predicted octanol–water partition coefficient (Wildman–Crippen LogP) is 4.70. The van der Waals surface area contributed by atoms with Crippen molar-refractivity contribution in [3.8, 4) is 11.5 Å². The number of fused-ring (bicyclic) bond motifs is 1. The molecule has 3 aromatic heterocycles. The maximum Gasteiger partial charge on any atom is 0.329 e. The second-order valence-electron chi connectivity index (χ2n) is 8.11. The van der Waals surface area contributed by atoms with Gasteiger partial charge in [0.05, 0.1) is 11.9 Å². The second-order valence-corrected chi connectivity index (χ2v) is 8.11. The van der Waals surface area contributed by atoms with Gasteiger partial charge < -0.3 is 10.1 Å². The van der Waals surface area contributed by atoms with Crippen molar-refractivity contribution in [3.63, 3.8) is 0 Å². The first-order chi connectivity index (χ1) is 16.6. The minimum Gasteiger partial charge on any atom is -0.454 e. The third-order valence-corrected chi connectivity index (χ3v) is 6.16. The van der Waals surface area contributed by atoms with Crippen molar-refractivity contribution in [2.24, 2.45) is 21.1 Å². The first kappa shape index (κ1) is 25.5. The van der Waals surface area contributed by atoms with E-state index in [1.54, 1.807) is 50.4 Å². The summed E-state index contributed by atoms with van der Waals surface area (Å²) < 4.78 is 11.0. The number of nitrogens with zero attached hydrogens (tertiary/aromatic N) is 5. The number of pyridine rings is 1. The molecule has 35 heavy (non-hydrogen) atoms. The second kappa shape index (κ2) is 10.0.